The number of anilines is 2. The van der Waals surface area contributed by atoms with Gasteiger partial charge in [-0.1, -0.05) is 30.3 Å². The van der Waals surface area contributed by atoms with Crippen molar-refractivity contribution >= 4 is 39.8 Å². The number of benzene rings is 2. The summed E-state index contributed by atoms with van der Waals surface area (Å²) in [7, 11) is 0. The number of hydrogen-bond donors (Lipinski definition) is 2. The molecule has 0 aliphatic rings. The molecule has 0 aliphatic carbocycles. The molecule has 3 N–H and O–H groups in total. The Labute approximate surface area is 155 Å². The third-order valence-corrected chi connectivity index (χ3v) is 5.63. The maximum Gasteiger partial charge on any atom is 0.239 e. The van der Waals surface area contributed by atoms with Gasteiger partial charge in [0.05, 0.1) is 10.9 Å². The number of carbonyl (C=O) groups is 1. The summed E-state index contributed by atoms with van der Waals surface area (Å²) in [6.45, 7) is 3.90. The Balaban J connectivity index is 1.67. The zero-order valence-corrected chi connectivity index (χ0v) is 15.7. The Morgan fingerprint density at radius 1 is 1.16 bits per heavy atom. The molecule has 128 valence electrons. The van der Waals surface area contributed by atoms with Gasteiger partial charge in [-0.25, -0.2) is 4.98 Å². The summed E-state index contributed by atoms with van der Waals surface area (Å²) in [5.41, 5.74) is 8.38. The molecular weight excluding hydrogens is 350 g/mol. The van der Waals surface area contributed by atoms with Crippen LogP contribution in [-0.2, 0) is 4.79 Å². The molecule has 0 bridgehead atoms. The van der Waals surface area contributed by atoms with E-state index in [4.69, 9.17) is 5.73 Å². The van der Waals surface area contributed by atoms with Crippen molar-refractivity contribution in [3.05, 3.63) is 59.5 Å². The highest BCUT2D eigenvalue weighted by atomic mass is 32.2. The number of amides is 1. The summed E-state index contributed by atoms with van der Waals surface area (Å²) < 4.78 is 0. The molecule has 0 saturated heterocycles. The minimum absolute atomic E-state index is 0.0600. The Morgan fingerprint density at radius 2 is 1.84 bits per heavy atom. The van der Waals surface area contributed by atoms with Crippen LogP contribution in [0.2, 0.25) is 0 Å². The van der Waals surface area contributed by atoms with Crippen LogP contribution in [0.3, 0.4) is 0 Å². The zero-order valence-electron chi connectivity index (χ0n) is 14.0. The van der Waals surface area contributed by atoms with Crippen molar-refractivity contribution in [2.24, 2.45) is 0 Å². The molecule has 0 radical (unpaired) electrons. The molecule has 6 heteroatoms. The van der Waals surface area contributed by atoms with Crippen molar-refractivity contribution < 1.29 is 4.79 Å². The van der Waals surface area contributed by atoms with Gasteiger partial charge in [0.25, 0.3) is 0 Å². The molecule has 1 unspecified atom stereocenters. The number of nitrogens with two attached hydrogens (primary N) is 1. The van der Waals surface area contributed by atoms with Crippen LogP contribution < -0.4 is 11.1 Å². The molecule has 0 saturated carbocycles. The quantitative estimate of drug-likeness (QED) is 0.500. The van der Waals surface area contributed by atoms with Crippen molar-refractivity contribution in [1.82, 2.24) is 4.98 Å². The molecule has 25 heavy (non-hydrogen) atoms. The Morgan fingerprint density at radius 3 is 2.52 bits per heavy atom. The monoisotopic (exact) mass is 369 g/mol. The van der Waals surface area contributed by atoms with Gasteiger partial charge in [0.2, 0.25) is 5.91 Å². The van der Waals surface area contributed by atoms with Crippen LogP contribution in [0.25, 0.3) is 11.3 Å². The van der Waals surface area contributed by atoms with Gasteiger partial charge in [0.15, 0.2) is 5.13 Å². The Kier molecular flexibility index (Phi) is 5.40. The van der Waals surface area contributed by atoms with E-state index in [-0.39, 0.29) is 11.2 Å². The van der Waals surface area contributed by atoms with Crippen molar-refractivity contribution in [2.75, 3.05) is 11.1 Å². The maximum atomic E-state index is 12.5. The van der Waals surface area contributed by atoms with Gasteiger partial charge in [-0.05, 0) is 38.1 Å². The first-order chi connectivity index (χ1) is 12.0. The van der Waals surface area contributed by atoms with Crippen LogP contribution in [0.4, 0.5) is 10.8 Å². The van der Waals surface area contributed by atoms with Gasteiger partial charge in [-0.3, -0.25) is 4.79 Å². The highest BCUT2D eigenvalue weighted by molar-refractivity contribution is 8.00. The van der Waals surface area contributed by atoms with E-state index >= 15 is 0 Å². The number of rotatable bonds is 5. The average Bonchev–Trinajstić information content (AvgIpc) is 2.98. The third-order valence-electron chi connectivity index (χ3n) is 3.64. The second-order valence-corrected chi connectivity index (χ2v) is 8.23. The van der Waals surface area contributed by atoms with E-state index in [1.165, 1.54) is 23.1 Å². The highest BCUT2D eigenvalue weighted by Gasteiger charge is 2.17. The van der Waals surface area contributed by atoms with Gasteiger partial charge >= 0.3 is 0 Å². The van der Waals surface area contributed by atoms with Crippen LogP contribution in [-0.4, -0.2) is 16.1 Å². The smallest absolute Gasteiger partial charge is 0.239 e. The van der Waals surface area contributed by atoms with E-state index in [1.807, 2.05) is 68.4 Å². The van der Waals surface area contributed by atoms with Crippen molar-refractivity contribution in [3.63, 3.8) is 0 Å². The SMILES string of the molecule is Cc1sc(NC(=O)C(C)Sc2ccc(N)cc2)nc1-c1ccccc1. The maximum absolute atomic E-state index is 12.5. The minimum atomic E-state index is -0.229. The number of nitrogens with one attached hydrogen (secondary N) is 1. The molecule has 0 fully saturated rings. The van der Waals surface area contributed by atoms with E-state index in [9.17, 15) is 4.79 Å². The normalized spacial score (nSPS) is 11.9. The van der Waals surface area contributed by atoms with E-state index in [1.54, 1.807) is 0 Å². The highest BCUT2D eigenvalue weighted by Crippen LogP contribution is 2.31. The number of hydrogen-bond acceptors (Lipinski definition) is 5. The predicted octanol–water partition coefficient (Wildman–Crippen LogP) is 4.82. The van der Waals surface area contributed by atoms with Crippen LogP contribution in [0.5, 0.6) is 0 Å². The first-order valence-corrected chi connectivity index (χ1v) is 9.58. The van der Waals surface area contributed by atoms with Gasteiger partial charge in [-0.2, -0.15) is 0 Å². The lowest BCUT2D eigenvalue weighted by molar-refractivity contribution is -0.115. The van der Waals surface area contributed by atoms with E-state index < -0.39 is 0 Å². The number of thiazole rings is 1. The Hall–Kier alpha value is -2.31. The van der Waals surface area contributed by atoms with E-state index in [0.29, 0.717) is 10.8 Å². The zero-order chi connectivity index (χ0) is 17.8. The second-order valence-electron chi connectivity index (χ2n) is 5.61. The summed E-state index contributed by atoms with van der Waals surface area (Å²) in [5.74, 6) is -0.0600. The largest absolute Gasteiger partial charge is 0.399 e. The molecule has 0 aliphatic heterocycles. The molecule has 1 atom stereocenters. The lowest BCUT2D eigenvalue weighted by Gasteiger charge is -2.10. The lowest BCUT2D eigenvalue weighted by atomic mass is 10.1. The first kappa shape index (κ1) is 17.5. The van der Waals surface area contributed by atoms with Gasteiger partial charge in [0.1, 0.15) is 0 Å². The van der Waals surface area contributed by atoms with Gasteiger partial charge < -0.3 is 11.1 Å². The summed E-state index contributed by atoms with van der Waals surface area (Å²) in [6, 6.07) is 17.5. The Bertz CT molecular complexity index is 860. The van der Waals surface area contributed by atoms with Crippen LogP contribution in [0.1, 0.15) is 11.8 Å². The van der Waals surface area contributed by atoms with Crippen LogP contribution in [0, 0.1) is 6.92 Å². The standard InChI is InChI=1S/C19H19N3OS2/c1-12-17(14-6-4-3-5-7-14)21-19(25-12)22-18(23)13(2)24-16-10-8-15(20)9-11-16/h3-11,13H,20H2,1-2H3,(H,21,22,23). The lowest BCUT2D eigenvalue weighted by Crippen LogP contribution is -2.22. The number of thioether (sulfide) groups is 1. The first-order valence-electron chi connectivity index (χ1n) is 7.89. The van der Waals surface area contributed by atoms with Crippen LogP contribution >= 0.6 is 23.1 Å². The summed E-state index contributed by atoms with van der Waals surface area (Å²) in [5, 5.41) is 3.33. The number of aryl methyl sites for hydroxylation is 1. The average molecular weight is 370 g/mol. The number of nitrogen functional groups attached to an aromatic ring is 1. The van der Waals surface area contributed by atoms with Crippen molar-refractivity contribution in [2.45, 2.75) is 24.0 Å². The number of carbonyl (C=O) groups excluding carboxylic acids is 1. The molecule has 3 aromatic rings. The van der Waals surface area contributed by atoms with Gasteiger partial charge in [0, 0.05) is 21.0 Å². The fraction of sp³-hybridized carbons (Fsp3) is 0.158. The molecular formula is C19H19N3OS2. The van der Waals surface area contributed by atoms with E-state index in [2.05, 4.69) is 10.3 Å². The topological polar surface area (TPSA) is 68.0 Å². The number of aromatic nitrogens is 1. The second kappa shape index (κ2) is 7.72. The molecule has 1 amide bonds. The summed E-state index contributed by atoms with van der Waals surface area (Å²) in [6.07, 6.45) is 0. The number of nitrogens with zero attached hydrogens (tertiary/aromatic N) is 1. The predicted molar refractivity (Wildman–Crippen MR) is 107 cm³/mol. The summed E-state index contributed by atoms with van der Waals surface area (Å²) in [4.78, 5) is 19.1. The van der Waals surface area contributed by atoms with E-state index in [0.717, 1.165) is 21.0 Å². The van der Waals surface area contributed by atoms with Gasteiger partial charge in [-0.15, -0.1) is 23.1 Å². The molecule has 3 rings (SSSR count). The molecule has 1 aromatic heterocycles. The van der Waals surface area contributed by atoms with Crippen LogP contribution in [0.15, 0.2) is 59.5 Å². The molecule has 4 nitrogen and oxygen atoms in total. The fourth-order valence-electron chi connectivity index (χ4n) is 2.32. The fourth-order valence-corrected chi connectivity index (χ4v) is 4.03. The molecule has 1 heterocycles. The third kappa shape index (κ3) is 4.41. The molecule has 0 spiro atoms. The van der Waals surface area contributed by atoms with Crippen molar-refractivity contribution in [1.29, 1.82) is 0 Å². The molecule has 2 aromatic carbocycles. The van der Waals surface area contributed by atoms with Crippen molar-refractivity contribution in [3.8, 4) is 11.3 Å². The summed E-state index contributed by atoms with van der Waals surface area (Å²) >= 11 is 2.99. The minimum Gasteiger partial charge on any atom is -0.399 e.